The van der Waals surface area contributed by atoms with E-state index in [4.69, 9.17) is 0 Å². The fraction of sp³-hybridized carbons (Fsp3) is 0.962. The molecule has 0 bridgehead atoms. The van der Waals surface area contributed by atoms with Crippen molar-refractivity contribution < 1.29 is 20.1 Å². The summed E-state index contributed by atoms with van der Waals surface area (Å²) < 4.78 is 0. The van der Waals surface area contributed by atoms with Crippen LogP contribution in [-0.2, 0) is 4.79 Å². The van der Waals surface area contributed by atoms with E-state index in [1.807, 2.05) is 6.92 Å². The average molecular weight is 421 g/mol. The molecule has 0 aromatic carbocycles. The van der Waals surface area contributed by atoms with Gasteiger partial charge < -0.3 is 15.3 Å². The van der Waals surface area contributed by atoms with Crippen molar-refractivity contribution in [3.05, 3.63) is 0 Å². The lowest BCUT2D eigenvalue weighted by Gasteiger charge is -2.64. The second kappa shape index (κ2) is 7.76. The Morgan fingerprint density at radius 3 is 2.27 bits per heavy atom. The average Bonchev–Trinajstić information content (AvgIpc) is 3.04. The summed E-state index contributed by atoms with van der Waals surface area (Å²) in [6.45, 7) is 11.3. The molecule has 3 unspecified atom stereocenters. The highest BCUT2D eigenvalue weighted by atomic mass is 16.4. The molecule has 4 fully saturated rings. The van der Waals surface area contributed by atoms with Gasteiger partial charge in [0, 0.05) is 0 Å². The zero-order chi connectivity index (χ0) is 22.0. The summed E-state index contributed by atoms with van der Waals surface area (Å²) in [5, 5.41) is 31.3. The van der Waals surface area contributed by atoms with Crippen LogP contribution in [0.5, 0.6) is 0 Å². The Balaban J connectivity index is 1.59. The lowest BCUT2D eigenvalue weighted by molar-refractivity contribution is -0.199. The standard InChI is InChI=1S/C26H44O4/c1-14(12-15(2)24(29)30)18-6-7-19-22-20(9-11-25(18,19)4)26(5)10-8-17(27)13-21(26)16(3)23(22)28/h14-23,27-28H,6-13H2,1-5H3,(H,29,30)/t14-,15+,16-,17-,18-,19?,20?,21+,22?,23-,25-,26-/m1/s1. The maximum Gasteiger partial charge on any atom is 0.306 e. The van der Waals surface area contributed by atoms with Gasteiger partial charge in [-0.05, 0) is 104 Å². The minimum atomic E-state index is -0.680. The van der Waals surface area contributed by atoms with Crippen molar-refractivity contribution in [3.8, 4) is 0 Å². The molecular weight excluding hydrogens is 376 g/mol. The molecule has 0 heterocycles. The SMILES string of the molecule is C[C@H]1[C@@H](O)C2C3CC[C@H]([C@H](C)C[C@H](C)C(=O)O)[C@@]3(C)CCC2[C@@]2(C)CC[C@@H](O)C[C@@H]12. The summed E-state index contributed by atoms with van der Waals surface area (Å²) in [5.74, 6) is 2.15. The Morgan fingerprint density at radius 2 is 1.60 bits per heavy atom. The summed E-state index contributed by atoms with van der Waals surface area (Å²) in [5.41, 5.74) is 0.461. The molecule has 0 saturated heterocycles. The van der Waals surface area contributed by atoms with Crippen LogP contribution >= 0.6 is 0 Å². The number of carboxylic acid groups (broad SMARTS) is 1. The van der Waals surface area contributed by atoms with E-state index in [9.17, 15) is 20.1 Å². The van der Waals surface area contributed by atoms with Crippen LogP contribution in [0.2, 0.25) is 0 Å². The first-order valence-corrected chi connectivity index (χ1v) is 12.6. The van der Waals surface area contributed by atoms with Crippen LogP contribution in [0.15, 0.2) is 0 Å². The van der Waals surface area contributed by atoms with E-state index in [1.165, 1.54) is 25.7 Å². The zero-order valence-corrected chi connectivity index (χ0v) is 19.7. The molecule has 4 aliphatic carbocycles. The van der Waals surface area contributed by atoms with Gasteiger partial charge in [-0.15, -0.1) is 0 Å². The third-order valence-corrected chi connectivity index (χ3v) is 11.0. The van der Waals surface area contributed by atoms with E-state index >= 15 is 0 Å². The Bertz CT molecular complexity index is 663. The van der Waals surface area contributed by atoms with Crippen molar-refractivity contribution in [2.24, 2.45) is 58.2 Å². The van der Waals surface area contributed by atoms with Gasteiger partial charge in [-0.1, -0.05) is 34.6 Å². The van der Waals surface area contributed by atoms with Crippen molar-refractivity contribution in [1.29, 1.82) is 0 Å². The molecule has 4 saturated carbocycles. The number of rotatable bonds is 4. The fourth-order valence-electron chi connectivity index (χ4n) is 9.45. The molecule has 4 nitrogen and oxygen atoms in total. The number of aliphatic hydroxyl groups is 2. The van der Waals surface area contributed by atoms with Crippen LogP contribution in [0.1, 0.15) is 86.0 Å². The third-order valence-electron chi connectivity index (χ3n) is 11.0. The summed E-state index contributed by atoms with van der Waals surface area (Å²) >= 11 is 0. The number of aliphatic carboxylic acids is 1. The van der Waals surface area contributed by atoms with Gasteiger partial charge in [-0.25, -0.2) is 0 Å². The maximum atomic E-state index is 11.6. The molecule has 4 aliphatic rings. The molecule has 172 valence electrons. The molecule has 12 atom stereocenters. The van der Waals surface area contributed by atoms with Crippen molar-refractivity contribution >= 4 is 5.97 Å². The topological polar surface area (TPSA) is 77.8 Å². The first-order chi connectivity index (χ1) is 14.0. The Hall–Kier alpha value is -0.610. The highest BCUT2D eigenvalue weighted by Gasteiger charge is 2.64. The van der Waals surface area contributed by atoms with E-state index in [2.05, 4.69) is 27.7 Å². The van der Waals surface area contributed by atoms with Crippen molar-refractivity contribution in [2.75, 3.05) is 0 Å². The number of carboxylic acids is 1. The van der Waals surface area contributed by atoms with Gasteiger partial charge in [-0.3, -0.25) is 4.79 Å². The van der Waals surface area contributed by atoms with E-state index in [0.717, 1.165) is 25.7 Å². The van der Waals surface area contributed by atoms with Gasteiger partial charge in [0.2, 0.25) is 0 Å². The van der Waals surface area contributed by atoms with E-state index in [0.29, 0.717) is 35.5 Å². The lowest BCUT2D eigenvalue weighted by atomic mass is 9.42. The van der Waals surface area contributed by atoms with Gasteiger partial charge in [0.1, 0.15) is 0 Å². The first kappa shape index (κ1) is 22.6. The Morgan fingerprint density at radius 1 is 0.967 bits per heavy atom. The van der Waals surface area contributed by atoms with Crippen molar-refractivity contribution in [1.82, 2.24) is 0 Å². The zero-order valence-electron chi connectivity index (χ0n) is 19.7. The highest BCUT2D eigenvalue weighted by molar-refractivity contribution is 5.69. The van der Waals surface area contributed by atoms with Crippen LogP contribution in [0.4, 0.5) is 0 Å². The van der Waals surface area contributed by atoms with Gasteiger partial charge >= 0.3 is 5.97 Å². The van der Waals surface area contributed by atoms with Crippen LogP contribution < -0.4 is 0 Å². The first-order valence-electron chi connectivity index (χ1n) is 12.6. The fourth-order valence-corrected chi connectivity index (χ4v) is 9.45. The molecule has 30 heavy (non-hydrogen) atoms. The smallest absolute Gasteiger partial charge is 0.306 e. The second-order valence-electron chi connectivity index (χ2n) is 12.4. The third kappa shape index (κ3) is 3.27. The predicted octanol–water partition coefficient (Wildman–Crippen LogP) is 4.97. The molecular formula is C26H44O4. The monoisotopic (exact) mass is 420 g/mol. The predicted molar refractivity (Wildman–Crippen MR) is 118 cm³/mol. The van der Waals surface area contributed by atoms with Crippen molar-refractivity contribution in [2.45, 2.75) is 98.2 Å². The molecule has 0 amide bonds. The minimum Gasteiger partial charge on any atom is -0.481 e. The molecule has 0 radical (unpaired) electrons. The molecule has 3 N–H and O–H groups in total. The van der Waals surface area contributed by atoms with Gasteiger partial charge in [0.25, 0.3) is 0 Å². The lowest BCUT2D eigenvalue weighted by Crippen LogP contribution is -2.61. The van der Waals surface area contributed by atoms with E-state index in [-0.39, 0.29) is 34.9 Å². The van der Waals surface area contributed by atoms with Gasteiger partial charge in [0.05, 0.1) is 18.1 Å². The Kier molecular flexibility index (Phi) is 5.84. The maximum absolute atomic E-state index is 11.6. The molecule has 0 aromatic rings. The molecule has 0 aromatic heterocycles. The summed E-state index contributed by atoms with van der Waals surface area (Å²) in [4.78, 5) is 11.4. The number of fused-ring (bicyclic) bond motifs is 5. The summed E-state index contributed by atoms with van der Waals surface area (Å²) in [7, 11) is 0. The van der Waals surface area contributed by atoms with E-state index < -0.39 is 5.97 Å². The number of carbonyl (C=O) groups is 1. The van der Waals surface area contributed by atoms with Gasteiger partial charge in [-0.2, -0.15) is 0 Å². The molecule has 4 rings (SSSR count). The normalized spacial score (nSPS) is 52.6. The Labute approximate surface area is 182 Å². The highest BCUT2D eigenvalue weighted by Crippen LogP contribution is 2.69. The van der Waals surface area contributed by atoms with Crippen LogP contribution in [0, 0.1) is 58.2 Å². The second-order valence-corrected chi connectivity index (χ2v) is 12.4. The largest absolute Gasteiger partial charge is 0.481 e. The number of hydrogen-bond donors (Lipinski definition) is 3. The molecule has 0 aliphatic heterocycles. The van der Waals surface area contributed by atoms with Crippen LogP contribution in [-0.4, -0.2) is 33.5 Å². The summed E-state index contributed by atoms with van der Waals surface area (Å²) in [6.07, 6.45) is 7.90. The van der Waals surface area contributed by atoms with Crippen LogP contribution in [0.25, 0.3) is 0 Å². The number of aliphatic hydroxyl groups excluding tert-OH is 2. The quantitative estimate of drug-likeness (QED) is 0.600. The van der Waals surface area contributed by atoms with Gasteiger partial charge in [0.15, 0.2) is 0 Å². The van der Waals surface area contributed by atoms with E-state index in [1.54, 1.807) is 0 Å². The van der Waals surface area contributed by atoms with Crippen LogP contribution in [0.3, 0.4) is 0 Å². The minimum absolute atomic E-state index is 0.198. The summed E-state index contributed by atoms with van der Waals surface area (Å²) in [6, 6.07) is 0. The number of hydrogen-bond acceptors (Lipinski definition) is 3. The molecule has 4 heteroatoms. The molecule has 0 spiro atoms. The van der Waals surface area contributed by atoms with Crippen molar-refractivity contribution in [3.63, 3.8) is 0 Å².